The second kappa shape index (κ2) is 9.27. The number of benzene rings is 1. The maximum Gasteiger partial charge on any atom is 0.286 e. The number of nitriles is 1. The summed E-state index contributed by atoms with van der Waals surface area (Å²) in [5.41, 5.74) is 0.813. The Morgan fingerprint density at radius 1 is 1.23 bits per heavy atom. The van der Waals surface area contributed by atoms with Crippen molar-refractivity contribution in [3.63, 3.8) is 0 Å². The van der Waals surface area contributed by atoms with Gasteiger partial charge in [-0.2, -0.15) is 10.3 Å². The largest absolute Gasteiger partial charge is 0.457 e. The van der Waals surface area contributed by atoms with E-state index in [-0.39, 0.29) is 5.91 Å². The average Bonchev–Trinajstić information content (AvgIpc) is 3.36. The van der Waals surface area contributed by atoms with Crippen molar-refractivity contribution >= 4 is 52.1 Å². The van der Waals surface area contributed by atoms with Gasteiger partial charge in [0.2, 0.25) is 0 Å². The first-order valence-electron chi connectivity index (χ1n) is 9.57. The molecule has 0 atom stereocenters. The minimum Gasteiger partial charge on any atom is -0.457 e. The fourth-order valence-electron chi connectivity index (χ4n) is 3.39. The Bertz CT molecular complexity index is 1070. The molecule has 1 aromatic heterocycles. The molecule has 1 N–H and O–H groups in total. The first-order valence-corrected chi connectivity index (χ1v) is 11.1. The smallest absolute Gasteiger partial charge is 0.286 e. The summed E-state index contributed by atoms with van der Waals surface area (Å²) in [5.74, 6) is 0.976. The van der Waals surface area contributed by atoms with Crippen molar-refractivity contribution in [2.24, 2.45) is 4.99 Å². The zero-order valence-electron chi connectivity index (χ0n) is 16.0. The Hall–Kier alpha value is -2.24. The number of carbonyl (C=O) groups is 1. The highest BCUT2D eigenvalue weighted by Crippen LogP contribution is 2.33. The van der Waals surface area contributed by atoms with Crippen molar-refractivity contribution in [2.75, 3.05) is 32.7 Å². The van der Waals surface area contributed by atoms with Gasteiger partial charge in [0.05, 0.1) is 60.2 Å². The van der Waals surface area contributed by atoms with E-state index in [9.17, 15) is 4.79 Å². The minimum absolute atomic E-state index is 0.248. The van der Waals surface area contributed by atoms with Gasteiger partial charge in [0.25, 0.3) is 5.91 Å². The van der Waals surface area contributed by atoms with Gasteiger partial charge in [-0.05, 0) is 42.1 Å². The molecule has 0 radical (unpaired) electrons. The molecule has 2 aromatic rings. The van der Waals surface area contributed by atoms with Crippen molar-refractivity contribution in [3.05, 3.63) is 51.0 Å². The van der Waals surface area contributed by atoms with E-state index in [1.54, 1.807) is 18.2 Å². The van der Waals surface area contributed by atoms with Gasteiger partial charge in [0.1, 0.15) is 11.5 Å². The minimum atomic E-state index is -0.248. The third-order valence-electron chi connectivity index (χ3n) is 5.04. The van der Waals surface area contributed by atoms with Crippen molar-refractivity contribution in [3.8, 4) is 17.4 Å². The molecule has 2 aliphatic heterocycles. The average molecular weight is 462 g/mol. The molecule has 1 fully saturated rings. The van der Waals surface area contributed by atoms with E-state index in [0.717, 1.165) is 43.5 Å². The number of piperazine rings is 1. The van der Waals surface area contributed by atoms with Gasteiger partial charge in [-0.3, -0.25) is 4.79 Å². The summed E-state index contributed by atoms with van der Waals surface area (Å²) in [6.45, 7) is 4.41. The molecule has 4 rings (SSSR count). The van der Waals surface area contributed by atoms with Crippen molar-refractivity contribution in [2.45, 2.75) is 6.42 Å². The van der Waals surface area contributed by atoms with E-state index in [2.05, 4.69) is 16.0 Å². The molecule has 154 valence electrons. The summed E-state index contributed by atoms with van der Waals surface area (Å²) < 4.78 is 5.87. The maximum absolute atomic E-state index is 12.4. The molecule has 1 saturated heterocycles. The van der Waals surface area contributed by atoms with Crippen LogP contribution in [0, 0.1) is 11.3 Å². The summed E-state index contributed by atoms with van der Waals surface area (Å²) in [6, 6.07) is 11.1. The predicted molar refractivity (Wildman–Crippen MR) is 120 cm³/mol. The fraction of sp³-hybridized carbons (Fsp3) is 0.286. The SMILES string of the molecule is N#CCC[NH+]1CCN(C2=NC(=O)/C(=C/c3ccc(-c4ccc(Cl)c(Cl)c4)o3)S2)CC1. The number of hydrogen-bond donors (Lipinski definition) is 1. The lowest BCUT2D eigenvalue weighted by Crippen LogP contribution is -3.14. The molecule has 0 aliphatic carbocycles. The van der Waals surface area contributed by atoms with Crippen LogP contribution >= 0.6 is 35.0 Å². The molecular formula is C21H19Cl2N4O2S+. The predicted octanol–water partition coefficient (Wildman–Crippen LogP) is 3.34. The Morgan fingerprint density at radius 2 is 2.03 bits per heavy atom. The lowest BCUT2D eigenvalue weighted by molar-refractivity contribution is -0.903. The standard InChI is InChI=1S/C21H18Cl2N4O2S/c22-16-4-2-14(12-17(16)23)18-5-3-15(29-18)13-19-20(28)25-21(30-19)27-10-8-26(9-11-27)7-1-6-24/h2-5,12-13H,1,7-11H2/p+1/b19-13-. The van der Waals surface area contributed by atoms with Gasteiger partial charge in [-0.15, -0.1) is 0 Å². The van der Waals surface area contributed by atoms with Crippen LogP contribution in [0.1, 0.15) is 12.2 Å². The van der Waals surface area contributed by atoms with Crippen molar-refractivity contribution in [1.82, 2.24) is 4.90 Å². The molecule has 1 amide bonds. The number of hydrogen-bond acceptors (Lipinski definition) is 5. The zero-order valence-corrected chi connectivity index (χ0v) is 18.4. The molecule has 0 spiro atoms. The lowest BCUT2D eigenvalue weighted by atomic mass is 10.2. The normalized spacial score (nSPS) is 18.7. The van der Waals surface area contributed by atoms with Crippen LogP contribution in [-0.4, -0.2) is 48.7 Å². The van der Waals surface area contributed by atoms with E-state index in [1.807, 2.05) is 18.2 Å². The molecular weight excluding hydrogens is 443 g/mol. The van der Waals surface area contributed by atoms with Crippen LogP contribution in [0.2, 0.25) is 10.0 Å². The number of aliphatic imine (C=N–C) groups is 1. The summed E-state index contributed by atoms with van der Waals surface area (Å²) in [5, 5.41) is 10.4. The number of quaternary nitrogens is 1. The van der Waals surface area contributed by atoms with Crippen LogP contribution in [0.5, 0.6) is 0 Å². The summed E-state index contributed by atoms with van der Waals surface area (Å²) in [6.07, 6.45) is 2.29. The first kappa shape index (κ1) is 21.0. The van der Waals surface area contributed by atoms with Crippen LogP contribution < -0.4 is 4.90 Å². The van der Waals surface area contributed by atoms with Crippen LogP contribution in [0.3, 0.4) is 0 Å². The van der Waals surface area contributed by atoms with Crippen LogP contribution in [-0.2, 0) is 4.79 Å². The van der Waals surface area contributed by atoms with Crippen LogP contribution in [0.4, 0.5) is 0 Å². The van der Waals surface area contributed by atoms with Crippen molar-refractivity contribution in [1.29, 1.82) is 5.26 Å². The van der Waals surface area contributed by atoms with Gasteiger partial charge in [0, 0.05) is 11.6 Å². The Morgan fingerprint density at radius 3 is 2.77 bits per heavy atom. The van der Waals surface area contributed by atoms with Gasteiger partial charge in [-0.25, -0.2) is 0 Å². The second-order valence-corrected chi connectivity index (χ2v) is 8.86. The first-order chi connectivity index (χ1) is 14.5. The molecule has 0 unspecified atom stereocenters. The van der Waals surface area contributed by atoms with Gasteiger partial charge >= 0.3 is 0 Å². The van der Waals surface area contributed by atoms with E-state index in [0.29, 0.717) is 32.9 Å². The number of furan rings is 1. The number of nitrogens with zero attached hydrogens (tertiary/aromatic N) is 3. The Balaban J connectivity index is 1.40. The molecule has 9 heteroatoms. The quantitative estimate of drug-likeness (QED) is 0.706. The molecule has 1 aromatic carbocycles. The zero-order chi connectivity index (χ0) is 21.1. The van der Waals surface area contributed by atoms with Gasteiger partial charge < -0.3 is 14.2 Å². The molecule has 3 heterocycles. The van der Waals surface area contributed by atoms with E-state index < -0.39 is 0 Å². The van der Waals surface area contributed by atoms with E-state index in [1.165, 1.54) is 16.7 Å². The highest BCUT2D eigenvalue weighted by atomic mass is 35.5. The fourth-order valence-corrected chi connectivity index (χ4v) is 4.64. The van der Waals surface area contributed by atoms with Gasteiger partial charge in [0.15, 0.2) is 5.17 Å². The Labute approximate surface area is 188 Å². The molecule has 2 aliphatic rings. The topological polar surface area (TPSA) is 74.0 Å². The number of halogens is 2. The summed E-state index contributed by atoms with van der Waals surface area (Å²) in [7, 11) is 0. The lowest BCUT2D eigenvalue weighted by Gasteiger charge is -2.32. The number of rotatable bonds is 4. The second-order valence-electron chi connectivity index (χ2n) is 7.04. The van der Waals surface area contributed by atoms with Crippen LogP contribution in [0.15, 0.2) is 44.6 Å². The third kappa shape index (κ3) is 4.73. The Kier molecular flexibility index (Phi) is 6.49. The number of thioether (sulfide) groups is 1. The van der Waals surface area contributed by atoms with Crippen molar-refractivity contribution < 1.29 is 14.1 Å². The molecule has 0 saturated carbocycles. The molecule has 30 heavy (non-hydrogen) atoms. The monoisotopic (exact) mass is 461 g/mol. The van der Waals surface area contributed by atoms with Crippen LogP contribution in [0.25, 0.3) is 17.4 Å². The number of nitrogens with one attached hydrogen (secondary N) is 1. The van der Waals surface area contributed by atoms with Gasteiger partial charge in [-0.1, -0.05) is 23.2 Å². The third-order valence-corrected chi connectivity index (χ3v) is 6.83. The highest BCUT2D eigenvalue weighted by molar-refractivity contribution is 8.18. The number of amides is 1. The number of amidine groups is 1. The summed E-state index contributed by atoms with van der Waals surface area (Å²) >= 11 is 13.4. The van der Waals surface area contributed by atoms with E-state index >= 15 is 0 Å². The highest BCUT2D eigenvalue weighted by Gasteiger charge is 2.29. The van der Waals surface area contributed by atoms with E-state index in [4.69, 9.17) is 32.9 Å². The molecule has 0 bridgehead atoms. The maximum atomic E-state index is 12.4. The summed E-state index contributed by atoms with van der Waals surface area (Å²) in [4.78, 5) is 20.7. The number of carbonyl (C=O) groups excluding carboxylic acids is 1. The molecule has 6 nitrogen and oxygen atoms in total.